The van der Waals surface area contributed by atoms with Crippen molar-refractivity contribution >= 4 is 0 Å². The molecule has 2 nitrogen and oxygen atoms in total. The molecule has 0 heterocycles. The Balaban J connectivity index is 2.64. The first-order valence-corrected chi connectivity index (χ1v) is 3.79. The van der Waals surface area contributed by atoms with Gasteiger partial charge in [-0.1, -0.05) is 0 Å². The first-order chi connectivity index (χ1) is 5.39. The zero-order valence-corrected chi connectivity index (χ0v) is 6.43. The Morgan fingerprint density at radius 2 is 2.00 bits per heavy atom. The molecule has 0 spiro atoms. The minimum absolute atomic E-state index is 0.243. The lowest BCUT2D eigenvalue weighted by Crippen LogP contribution is -2.42. The van der Waals surface area contributed by atoms with E-state index >= 15 is 0 Å². The second-order valence-corrected chi connectivity index (χ2v) is 3.32. The molecule has 0 aromatic rings. The van der Waals surface area contributed by atoms with E-state index in [0.29, 0.717) is 0 Å². The maximum atomic E-state index is 12.1. The molecule has 1 saturated carbocycles. The molecule has 0 amide bonds. The highest BCUT2D eigenvalue weighted by molar-refractivity contribution is 4.94. The fourth-order valence-corrected chi connectivity index (χ4v) is 1.54. The number of halogens is 3. The lowest BCUT2D eigenvalue weighted by Gasteiger charge is -2.25. The second kappa shape index (κ2) is 2.88. The Morgan fingerprint density at radius 3 is 2.25 bits per heavy atom. The van der Waals surface area contributed by atoms with Crippen molar-refractivity contribution in [2.45, 2.75) is 31.0 Å². The summed E-state index contributed by atoms with van der Waals surface area (Å²) < 4.78 is 36.4. The third kappa shape index (κ3) is 1.56. The fraction of sp³-hybridized carbons (Fsp3) is 1.00. The van der Waals surface area contributed by atoms with Crippen LogP contribution in [0.15, 0.2) is 0 Å². The van der Waals surface area contributed by atoms with Gasteiger partial charge in [-0.3, -0.25) is 0 Å². The van der Waals surface area contributed by atoms with E-state index in [0.717, 1.165) is 0 Å². The molecular weight excluding hydrogens is 173 g/mol. The predicted molar refractivity (Wildman–Crippen MR) is 35.4 cm³/mol. The quantitative estimate of drug-likeness (QED) is 0.640. The zero-order valence-electron chi connectivity index (χ0n) is 6.43. The largest absolute Gasteiger partial charge is 0.417 e. The fourth-order valence-electron chi connectivity index (χ4n) is 1.54. The summed E-state index contributed by atoms with van der Waals surface area (Å²) in [6.45, 7) is -0.279. The molecular formula is C7H11F3O2. The topological polar surface area (TPSA) is 40.5 Å². The van der Waals surface area contributed by atoms with Crippen LogP contribution in [0, 0.1) is 5.92 Å². The van der Waals surface area contributed by atoms with Crippen molar-refractivity contribution in [2.75, 3.05) is 6.61 Å². The van der Waals surface area contributed by atoms with Crippen LogP contribution in [0.25, 0.3) is 0 Å². The SMILES string of the molecule is OCC1CCC(O)(C(F)(F)F)C1. The number of hydrogen-bond acceptors (Lipinski definition) is 2. The van der Waals surface area contributed by atoms with Gasteiger partial charge in [0.1, 0.15) is 0 Å². The van der Waals surface area contributed by atoms with E-state index in [2.05, 4.69) is 0 Å². The van der Waals surface area contributed by atoms with Crippen LogP contribution < -0.4 is 0 Å². The number of alkyl halides is 3. The molecule has 0 radical (unpaired) electrons. The highest BCUT2D eigenvalue weighted by atomic mass is 19.4. The standard InChI is InChI=1S/C7H11F3O2/c8-7(9,10)6(12)2-1-5(3-6)4-11/h5,11-12H,1-4H2. The minimum Gasteiger partial charge on any atom is -0.396 e. The molecule has 0 aromatic carbocycles. The van der Waals surface area contributed by atoms with Crippen molar-refractivity contribution < 1.29 is 23.4 Å². The summed E-state index contributed by atoms with van der Waals surface area (Å²) >= 11 is 0. The third-order valence-electron chi connectivity index (χ3n) is 2.38. The normalized spacial score (nSPS) is 37.2. The predicted octanol–water partition coefficient (Wildman–Crippen LogP) is 1.07. The van der Waals surface area contributed by atoms with Gasteiger partial charge < -0.3 is 10.2 Å². The van der Waals surface area contributed by atoms with Crippen molar-refractivity contribution in [3.63, 3.8) is 0 Å². The van der Waals surface area contributed by atoms with Crippen LogP contribution in [0.3, 0.4) is 0 Å². The molecule has 1 aliphatic rings. The molecule has 0 aliphatic heterocycles. The van der Waals surface area contributed by atoms with Gasteiger partial charge in [0.15, 0.2) is 5.60 Å². The molecule has 12 heavy (non-hydrogen) atoms. The summed E-state index contributed by atoms with van der Waals surface area (Å²) in [5.41, 5.74) is -2.56. The molecule has 1 aliphatic carbocycles. The molecule has 1 fully saturated rings. The first kappa shape index (κ1) is 9.80. The van der Waals surface area contributed by atoms with Crippen LogP contribution in [0.1, 0.15) is 19.3 Å². The van der Waals surface area contributed by atoms with E-state index in [9.17, 15) is 13.2 Å². The summed E-state index contributed by atoms with van der Waals surface area (Å²) in [5, 5.41) is 17.7. The van der Waals surface area contributed by atoms with Gasteiger partial charge in [0.05, 0.1) is 0 Å². The molecule has 1 rings (SSSR count). The van der Waals surface area contributed by atoms with E-state index in [1.54, 1.807) is 0 Å². The van der Waals surface area contributed by atoms with Crippen LogP contribution in [0.2, 0.25) is 0 Å². The molecule has 5 heteroatoms. The molecule has 2 N–H and O–H groups in total. The number of aliphatic hydroxyl groups is 2. The van der Waals surface area contributed by atoms with Gasteiger partial charge in [-0.25, -0.2) is 0 Å². The van der Waals surface area contributed by atoms with Crippen molar-refractivity contribution in [3.8, 4) is 0 Å². The van der Waals surface area contributed by atoms with Crippen molar-refractivity contribution in [1.82, 2.24) is 0 Å². The Labute approximate surface area is 68.0 Å². The lowest BCUT2D eigenvalue weighted by atomic mass is 10.0. The third-order valence-corrected chi connectivity index (χ3v) is 2.38. The van der Waals surface area contributed by atoms with Gasteiger partial charge in [0.2, 0.25) is 0 Å². The van der Waals surface area contributed by atoms with Gasteiger partial charge in [0, 0.05) is 6.61 Å². The summed E-state index contributed by atoms with van der Waals surface area (Å²) in [7, 11) is 0. The van der Waals surface area contributed by atoms with Crippen LogP contribution in [-0.2, 0) is 0 Å². The summed E-state index contributed by atoms with van der Waals surface area (Å²) in [6, 6.07) is 0. The van der Waals surface area contributed by atoms with E-state index in [4.69, 9.17) is 10.2 Å². The number of hydrogen-bond donors (Lipinski definition) is 2. The summed E-state index contributed by atoms with van der Waals surface area (Å²) in [4.78, 5) is 0. The van der Waals surface area contributed by atoms with Crippen molar-refractivity contribution in [1.29, 1.82) is 0 Å². The van der Waals surface area contributed by atoms with E-state index in [1.165, 1.54) is 0 Å². The van der Waals surface area contributed by atoms with Gasteiger partial charge in [-0.05, 0) is 25.2 Å². The Hall–Kier alpha value is -0.290. The van der Waals surface area contributed by atoms with Gasteiger partial charge >= 0.3 is 6.18 Å². The first-order valence-electron chi connectivity index (χ1n) is 3.79. The molecule has 2 unspecified atom stereocenters. The Kier molecular flexibility index (Phi) is 2.35. The minimum atomic E-state index is -4.56. The summed E-state index contributed by atoms with van der Waals surface area (Å²) in [5.74, 6) is -0.406. The van der Waals surface area contributed by atoms with Crippen molar-refractivity contribution in [3.05, 3.63) is 0 Å². The molecule has 0 saturated heterocycles. The summed E-state index contributed by atoms with van der Waals surface area (Å²) in [6.07, 6.45) is -4.97. The molecule has 0 aromatic heterocycles. The smallest absolute Gasteiger partial charge is 0.396 e. The second-order valence-electron chi connectivity index (χ2n) is 3.32. The van der Waals surface area contributed by atoms with E-state index < -0.39 is 17.7 Å². The Bertz CT molecular complexity index is 169. The van der Waals surface area contributed by atoms with Crippen LogP contribution in [-0.4, -0.2) is 28.6 Å². The molecule has 72 valence electrons. The average Bonchev–Trinajstić information content (AvgIpc) is 2.31. The lowest BCUT2D eigenvalue weighted by molar-refractivity contribution is -0.258. The van der Waals surface area contributed by atoms with E-state index in [-0.39, 0.29) is 25.9 Å². The van der Waals surface area contributed by atoms with Gasteiger partial charge in [0.25, 0.3) is 0 Å². The van der Waals surface area contributed by atoms with Crippen LogP contribution in [0.5, 0.6) is 0 Å². The number of aliphatic hydroxyl groups excluding tert-OH is 1. The van der Waals surface area contributed by atoms with Crippen LogP contribution in [0.4, 0.5) is 13.2 Å². The number of rotatable bonds is 1. The maximum absolute atomic E-state index is 12.1. The van der Waals surface area contributed by atoms with Crippen molar-refractivity contribution in [2.24, 2.45) is 5.92 Å². The monoisotopic (exact) mass is 184 g/mol. The van der Waals surface area contributed by atoms with Gasteiger partial charge in [-0.15, -0.1) is 0 Å². The van der Waals surface area contributed by atoms with Crippen LogP contribution >= 0.6 is 0 Å². The van der Waals surface area contributed by atoms with E-state index in [1.807, 2.05) is 0 Å². The highest BCUT2D eigenvalue weighted by Crippen LogP contribution is 2.44. The van der Waals surface area contributed by atoms with Gasteiger partial charge in [-0.2, -0.15) is 13.2 Å². The average molecular weight is 184 g/mol. The maximum Gasteiger partial charge on any atom is 0.417 e. The highest BCUT2D eigenvalue weighted by Gasteiger charge is 2.56. The Morgan fingerprint density at radius 1 is 1.42 bits per heavy atom. The zero-order chi connectivity index (χ0) is 9.41. The molecule has 2 atom stereocenters. The molecule has 0 bridgehead atoms.